The van der Waals surface area contributed by atoms with Crippen molar-refractivity contribution in [3.63, 3.8) is 0 Å². The molecule has 1 aliphatic rings. The van der Waals surface area contributed by atoms with Crippen LogP contribution in [-0.4, -0.2) is 25.6 Å². The average molecular weight is 290 g/mol. The second kappa shape index (κ2) is 8.55. The van der Waals surface area contributed by atoms with Crippen molar-refractivity contribution >= 4 is 11.6 Å². The minimum Gasteiger partial charge on any atom is -0.494 e. The maximum Gasteiger partial charge on any atom is 0.239 e. The topological polar surface area (TPSA) is 50.4 Å². The number of anilines is 1. The Hall–Kier alpha value is -1.71. The predicted octanol–water partition coefficient (Wildman–Crippen LogP) is 3.19. The molecule has 0 spiro atoms. The molecule has 2 N–H and O–H groups in total. The Bertz CT molecular complexity index is 425. The van der Waals surface area contributed by atoms with Crippen LogP contribution in [0.1, 0.15) is 39.0 Å². The Balaban J connectivity index is 1.65. The van der Waals surface area contributed by atoms with Crippen LogP contribution in [0.2, 0.25) is 0 Å². The van der Waals surface area contributed by atoms with Crippen LogP contribution in [0.15, 0.2) is 24.3 Å². The summed E-state index contributed by atoms with van der Waals surface area (Å²) in [5.41, 5.74) is 0.936. The Labute approximate surface area is 127 Å². The highest BCUT2D eigenvalue weighted by molar-refractivity contribution is 5.80. The molecule has 0 radical (unpaired) electrons. The van der Waals surface area contributed by atoms with Crippen molar-refractivity contribution in [2.45, 2.75) is 39.0 Å². The molecule has 4 heteroatoms. The quantitative estimate of drug-likeness (QED) is 0.811. The van der Waals surface area contributed by atoms with E-state index in [-0.39, 0.29) is 5.91 Å². The number of nitrogens with one attached hydrogen (secondary N) is 2. The zero-order valence-electron chi connectivity index (χ0n) is 12.9. The molecule has 0 aliphatic heterocycles. The van der Waals surface area contributed by atoms with Crippen LogP contribution in [0.4, 0.5) is 5.69 Å². The van der Waals surface area contributed by atoms with Crippen LogP contribution >= 0.6 is 0 Å². The zero-order valence-corrected chi connectivity index (χ0v) is 12.9. The van der Waals surface area contributed by atoms with Crippen molar-refractivity contribution in [1.82, 2.24) is 5.32 Å². The van der Waals surface area contributed by atoms with Gasteiger partial charge in [-0.05, 0) is 49.9 Å². The number of benzene rings is 1. The molecule has 0 saturated heterocycles. The normalized spacial score (nSPS) is 15.5. The van der Waals surface area contributed by atoms with Gasteiger partial charge in [0.15, 0.2) is 0 Å². The van der Waals surface area contributed by atoms with Gasteiger partial charge >= 0.3 is 0 Å². The van der Waals surface area contributed by atoms with Gasteiger partial charge in [0, 0.05) is 12.2 Å². The molecule has 1 aromatic carbocycles. The Morgan fingerprint density at radius 1 is 1.19 bits per heavy atom. The minimum absolute atomic E-state index is 0.0643. The van der Waals surface area contributed by atoms with Gasteiger partial charge in [-0.3, -0.25) is 4.79 Å². The average Bonchev–Trinajstić information content (AvgIpc) is 2.53. The van der Waals surface area contributed by atoms with Gasteiger partial charge in [0.2, 0.25) is 5.91 Å². The molecule has 0 unspecified atom stereocenters. The molecule has 1 amide bonds. The van der Waals surface area contributed by atoms with Crippen molar-refractivity contribution in [3.05, 3.63) is 24.3 Å². The molecular formula is C17H26N2O2. The second-order valence-corrected chi connectivity index (χ2v) is 5.62. The first-order valence-corrected chi connectivity index (χ1v) is 8.01. The van der Waals surface area contributed by atoms with E-state index in [0.717, 1.165) is 18.0 Å². The smallest absolute Gasteiger partial charge is 0.239 e. The lowest BCUT2D eigenvalue weighted by Gasteiger charge is -2.21. The van der Waals surface area contributed by atoms with Gasteiger partial charge in [-0.2, -0.15) is 0 Å². The Morgan fingerprint density at radius 2 is 1.90 bits per heavy atom. The molecule has 116 valence electrons. The lowest BCUT2D eigenvalue weighted by Crippen LogP contribution is -2.34. The van der Waals surface area contributed by atoms with Crippen LogP contribution in [0.3, 0.4) is 0 Å². The van der Waals surface area contributed by atoms with Gasteiger partial charge in [0.25, 0.3) is 0 Å². The first-order valence-electron chi connectivity index (χ1n) is 8.01. The lowest BCUT2D eigenvalue weighted by molar-refractivity contribution is -0.119. The maximum absolute atomic E-state index is 11.8. The molecule has 0 heterocycles. The number of rotatable bonds is 7. The molecular weight excluding hydrogens is 264 g/mol. The lowest BCUT2D eigenvalue weighted by atomic mass is 9.89. The summed E-state index contributed by atoms with van der Waals surface area (Å²) in [6, 6.07) is 7.68. The van der Waals surface area contributed by atoms with E-state index in [1.807, 2.05) is 31.2 Å². The van der Waals surface area contributed by atoms with Gasteiger partial charge in [-0.25, -0.2) is 0 Å². The molecule has 1 aliphatic carbocycles. The Morgan fingerprint density at radius 3 is 2.57 bits per heavy atom. The van der Waals surface area contributed by atoms with Crippen molar-refractivity contribution < 1.29 is 9.53 Å². The largest absolute Gasteiger partial charge is 0.494 e. The van der Waals surface area contributed by atoms with E-state index in [9.17, 15) is 4.79 Å². The van der Waals surface area contributed by atoms with E-state index < -0.39 is 0 Å². The zero-order chi connectivity index (χ0) is 14.9. The van der Waals surface area contributed by atoms with E-state index in [0.29, 0.717) is 19.1 Å². The maximum atomic E-state index is 11.8. The van der Waals surface area contributed by atoms with Crippen molar-refractivity contribution in [2.75, 3.05) is 25.0 Å². The van der Waals surface area contributed by atoms with E-state index in [1.54, 1.807) is 0 Å². The fraction of sp³-hybridized carbons (Fsp3) is 0.588. The summed E-state index contributed by atoms with van der Waals surface area (Å²) in [6.45, 7) is 3.77. The summed E-state index contributed by atoms with van der Waals surface area (Å²) in [5.74, 6) is 1.59. The predicted molar refractivity (Wildman–Crippen MR) is 85.7 cm³/mol. The molecule has 21 heavy (non-hydrogen) atoms. The van der Waals surface area contributed by atoms with Crippen LogP contribution in [0.25, 0.3) is 0 Å². The van der Waals surface area contributed by atoms with Crippen molar-refractivity contribution in [2.24, 2.45) is 5.92 Å². The summed E-state index contributed by atoms with van der Waals surface area (Å²) in [5, 5.41) is 6.16. The first kappa shape index (κ1) is 15.7. The molecule has 0 bridgehead atoms. The fourth-order valence-corrected chi connectivity index (χ4v) is 2.73. The minimum atomic E-state index is 0.0643. The highest BCUT2D eigenvalue weighted by Crippen LogP contribution is 2.22. The van der Waals surface area contributed by atoms with E-state index in [2.05, 4.69) is 10.6 Å². The standard InChI is InChI=1S/C17H26N2O2/c1-2-21-16-10-8-15(9-11-16)18-13-17(20)19-12-14-6-4-3-5-7-14/h8-11,14,18H,2-7,12-13H2,1H3,(H,19,20). The summed E-state index contributed by atoms with van der Waals surface area (Å²) in [6.07, 6.45) is 6.48. The van der Waals surface area contributed by atoms with Crippen LogP contribution in [-0.2, 0) is 4.79 Å². The SMILES string of the molecule is CCOc1ccc(NCC(=O)NCC2CCCCC2)cc1. The van der Waals surface area contributed by atoms with E-state index in [1.165, 1.54) is 32.1 Å². The molecule has 1 saturated carbocycles. The molecule has 1 aromatic rings. The molecule has 0 atom stereocenters. The number of carbonyl (C=O) groups is 1. The molecule has 0 aromatic heterocycles. The van der Waals surface area contributed by atoms with Gasteiger partial charge in [0.05, 0.1) is 13.2 Å². The third-order valence-corrected chi connectivity index (χ3v) is 3.93. The molecule has 4 nitrogen and oxygen atoms in total. The number of hydrogen-bond donors (Lipinski definition) is 2. The number of carbonyl (C=O) groups excluding carboxylic acids is 1. The summed E-state index contributed by atoms with van der Waals surface area (Å²) >= 11 is 0. The second-order valence-electron chi connectivity index (χ2n) is 5.62. The van der Waals surface area contributed by atoms with Gasteiger partial charge in [0.1, 0.15) is 5.75 Å². The Kier molecular flexibility index (Phi) is 6.38. The number of ether oxygens (including phenoxy) is 1. The third kappa shape index (κ3) is 5.66. The molecule has 1 fully saturated rings. The number of amides is 1. The van der Waals surface area contributed by atoms with Crippen LogP contribution in [0, 0.1) is 5.92 Å². The van der Waals surface area contributed by atoms with Crippen LogP contribution in [0.5, 0.6) is 5.75 Å². The van der Waals surface area contributed by atoms with E-state index >= 15 is 0 Å². The van der Waals surface area contributed by atoms with Crippen molar-refractivity contribution in [1.29, 1.82) is 0 Å². The summed E-state index contributed by atoms with van der Waals surface area (Å²) < 4.78 is 5.39. The summed E-state index contributed by atoms with van der Waals surface area (Å²) in [4.78, 5) is 11.8. The highest BCUT2D eigenvalue weighted by Gasteiger charge is 2.13. The van der Waals surface area contributed by atoms with Gasteiger partial charge in [-0.1, -0.05) is 19.3 Å². The van der Waals surface area contributed by atoms with Crippen molar-refractivity contribution in [3.8, 4) is 5.75 Å². The third-order valence-electron chi connectivity index (χ3n) is 3.93. The van der Waals surface area contributed by atoms with Gasteiger partial charge < -0.3 is 15.4 Å². The fourth-order valence-electron chi connectivity index (χ4n) is 2.73. The monoisotopic (exact) mass is 290 g/mol. The van der Waals surface area contributed by atoms with Gasteiger partial charge in [-0.15, -0.1) is 0 Å². The highest BCUT2D eigenvalue weighted by atomic mass is 16.5. The molecule has 2 rings (SSSR count). The summed E-state index contributed by atoms with van der Waals surface area (Å²) in [7, 11) is 0. The first-order chi connectivity index (χ1) is 10.3. The van der Waals surface area contributed by atoms with E-state index in [4.69, 9.17) is 4.74 Å². The van der Waals surface area contributed by atoms with Crippen LogP contribution < -0.4 is 15.4 Å². The number of hydrogen-bond acceptors (Lipinski definition) is 3.